The van der Waals surface area contributed by atoms with E-state index in [0.29, 0.717) is 6.42 Å². The van der Waals surface area contributed by atoms with Crippen LogP contribution >= 0.6 is 11.6 Å². The van der Waals surface area contributed by atoms with Gasteiger partial charge < -0.3 is 10.1 Å². The Labute approximate surface area is 131 Å². The zero-order chi connectivity index (χ0) is 16.3. The normalized spacial score (nSPS) is 19.6. The highest BCUT2D eigenvalue weighted by molar-refractivity contribution is 7.91. The summed E-state index contributed by atoms with van der Waals surface area (Å²) in [6.45, 7) is -0.639. The molecule has 1 aliphatic heterocycles. The first-order valence-corrected chi connectivity index (χ1v) is 8.59. The summed E-state index contributed by atoms with van der Waals surface area (Å²) in [7, 11) is -3.12. The van der Waals surface area contributed by atoms with Gasteiger partial charge in [-0.05, 0) is 18.6 Å². The molecule has 120 valence electrons. The average molecular weight is 350 g/mol. The standard InChI is InChI=1S/C13H13ClFNO5S/c14-9-2-1-3-10(15)12(9)13(18)21-6-11(17)16-8-4-5-22(19,20)7-8/h1-3,8H,4-7H2,(H,16,17)/t8-/m0/s1. The fourth-order valence-electron chi connectivity index (χ4n) is 2.07. The molecule has 1 heterocycles. The minimum Gasteiger partial charge on any atom is -0.452 e. The first kappa shape index (κ1) is 16.7. The van der Waals surface area contributed by atoms with Gasteiger partial charge in [-0.3, -0.25) is 4.79 Å². The zero-order valence-corrected chi connectivity index (χ0v) is 12.9. The highest BCUT2D eigenvalue weighted by atomic mass is 35.5. The Bertz CT molecular complexity index is 686. The third-order valence-corrected chi connectivity index (χ3v) is 5.18. The van der Waals surface area contributed by atoms with Crippen molar-refractivity contribution in [2.24, 2.45) is 0 Å². The molecule has 0 unspecified atom stereocenters. The van der Waals surface area contributed by atoms with Crippen LogP contribution in [0.2, 0.25) is 5.02 Å². The quantitative estimate of drug-likeness (QED) is 0.817. The molecule has 6 nitrogen and oxygen atoms in total. The summed E-state index contributed by atoms with van der Waals surface area (Å²) in [5.74, 6) is -2.67. The second kappa shape index (κ2) is 6.62. The average Bonchev–Trinajstić information content (AvgIpc) is 2.75. The van der Waals surface area contributed by atoms with Gasteiger partial charge in [0, 0.05) is 6.04 Å². The van der Waals surface area contributed by atoms with Crippen LogP contribution in [0.1, 0.15) is 16.8 Å². The van der Waals surface area contributed by atoms with Crippen molar-refractivity contribution in [3.8, 4) is 0 Å². The predicted octanol–water partition coefficient (Wildman–Crippen LogP) is 0.939. The lowest BCUT2D eigenvalue weighted by atomic mass is 10.2. The van der Waals surface area contributed by atoms with E-state index in [4.69, 9.17) is 11.6 Å². The molecule has 2 rings (SSSR count). The second-order valence-electron chi connectivity index (χ2n) is 4.84. The number of sulfone groups is 1. The number of halogens is 2. The number of carbonyl (C=O) groups excluding carboxylic acids is 2. The molecule has 22 heavy (non-hydrogen) atoms. The number of carbonyl (C=O) groups is 2. The van der Waals surface area contributed by atoms with E-state index < -0.39 is 45.7 Å². The van der Waals surface area contributed by atoms with Crippen LogP contribution in [0, 0.1) is 5.82 Å². The molecule has 0 spiro atoms. The van der Waals surface area contributed by atoms with Crippen molar-refractivity contribution < 1.29 is 27.1 Å². The number of amides is 1. The van der Waals surface area contributed by atoms with Crippen LogP contribution in [-0.4, -0.2) is 44.4 Å². The molecular weight excluding hydrogens is 337 g/mol. The molecule has 0 saturated carbocycles. The maximum absolute atomic E-state index is 13.5. The number of nitrogens with one attached hydrogen (secondary N) is 1. The largest absolute Gasteiger partial charge is 0.452 e. The Hall–Kier alpha value is -1.67. The van der Waals surface area contributed by atoms with Gasteiger partial charge in [0.2, 0.25) is 0 Å². The van der Waals surface area contributed by atoms with Gasteiger partial charge in [0.1, 0.15) is 11.4 Å². The first-order chi connectivity index (χ1) is 10.3. The third-order valence-electron chi connectivity index (χ3n) is 3.10. The molecule has 1 atom stereocenters. The molecule has 0 radical (unpaired) electrons. The van der Waals surface area contributed by atoms with E-state index in [9.17, 15) is 22.4 Å². The topological polar surface area (TPSA) is 89.5 Å². The summed E-state index contributed by atoms with van der Waals surface area (Å²) < 4.78 is 40.7. The molecule has 0 aliphatic carbocycles. The van der Waals surface area contributed by atoms with Gasteiger partial charge in [0.05, 0.1) is 16.5 Å². The number of rotatable bonds is 4. The Kier molecular flexibility index (Phi) is 5.02. The third kappa shape index (κ3) is 4.17. The Balaban J connectivity index is 1.88. The Morgan fingerprint density at radius 1 is 1.41 bits per heavy atom. The van der Waals surface area contributed by atoms with Crippen molar-refractivity contribution in [1.29, 1.82) is 0 Å². The van der Waals surface area contributed by atoms with Crippen LogP contribution in [0.4, 0.5) is 4.39 Å². The maximum atomic E-state index is 13.5. The number of ether oxygens (including phenoxy) is 1. The smallest absolute Gasteiger partial charge is 0.343 e. The van der Waals surface area contributed by atoms with Crippen LogP contribution in [-0.2, 0) is 19.4 Å². The molecule has 1 N–H and O–H groups in total. The monoisotopic (exact) mass is 349 g/mol. The van der Waals surface area contributed by atoms with Gasteiger partial charge >= 0.3 is 5.97 Å². The summed E-state index contributed by atoms with van der Waals surface area (Å²) in [5.41, 5.74) is -0.444. The van der Waals surface area contributed by atoms with Gasteiger partial charge in [-0.2, -0.15) is 0 Å². The second-order valence-corrected chi connectivity index (χ2v) is 7.48. The van der Waals surface area contributed by atoms with Gasteiger partial charge in [0.25, 0.3) is 5.91 Å². The van der Waals surface area contributed by atoms with Crippen LogP contribution in [0.25, 0.3) is 0 Å². The predicted molar refractivity (Wildman–Crippen MR) is 76.9 cm³/mol. The van der Waals surface area contributed by atoms with E-state index in [1.54, 1.807) is 0 Å². The summed E-state index contributed by atoms with van der Waals surface area (Å²) in [4.78, 5) is 23.3. The van der Waals surface area contributed by atoms with Crippen molar-refractivity contribution in [3.63, 3.8) is 0 Å². The van der Waals surface area contributed by atoms with Crippen molar-refractivity contribution in [3.05, 3.63) is 34.6 Å². The van der Waals surface area contributed by atoms with Crippen LogP contribution < -0.4 is 5.32 Å². The fourth-order valence-corrected chi connectivity index (χ4v) is 3.99. The summed E-state index contributed by atoms with van der Waals surface area (Å²) in [5, 5.41) is 2.33. The maximum Gasteiger partial charge on any atom is 0.343 e. The molecule has 1 fully saturated rings. The summed E-state index contributed by atoms with van der Waals surface area (Å²) in [6, 6.07) is 3.21. The van der Waals surface area contributed by atoms with Crippen molar-refractivity contribution in [2.45, 2.75) is 12.5 Å². The minimum atomic E-state index is -3.12. The van der Waals surface area contributed by atoms with Gasteiger partial charge in [-0.1, -0.05) is 17.7 Å². The van der Waals surface area contributed by atoms with E-state index in [1.165, 1.54) is 12.1 Å². The van der Waals surface area contributed by atoms with E-state index >= 15 is 0 Å². The van der Waals surface area contributed by atoms with E-state index in [0.717, 1.165) is 6.07 Å². The van der Waals surface area contributed by atoms with Gasteiger partial charge in [0.15, 0.2) is 16.4 Å². The SMILES string of the molecule is O=C(COC(=O)c1c(F)cccc1Cl)N[C@H]1CCS(=O)(=O)C1. The Morgan fingerprint density at radius 3 is 2.73 bits per heavy atom. The summed E-state index contributed by atoms with van der Waals surface area (Å²) >= 11 is 5.70. The highest BCUT2D eigenvalue weighted by Gasteiger charge is 2.29. The van der Waals surface area contributed by atoms with E-state index in [1.807, 2.05) is 0 Å². The molecule has 1 aliphatic rings. The number of hydrogen-bond acceptors (Lipinski definition) is 5. The van der Waals surface area contributed by atoms with E-state index in [2.05, 4.69) is 10.1 Å². The van der Waals surface area contributed by atoms with Crippen LogP contribution in [0.15, 0.2) is 18.2 Å². The molecular formula is C13H13ClFNO5S. The highest BCUT2D eigenvalue weighted by Crippen LogP contribution is 2.19. The fraction of sp³-hybridized carbons (Fsp3) is 0.385. The number of esters is 1. The van der Waals surface area contributed by atoms with Crippen LogP contribution in [0.5, 0.6) is 0 Å². The number of hydrogen-bond donors (Lipinski definition) is 1. The lowest BCUT2D eigenvalue weighted by Crippen LogP contribution is -2.38. The lowest BCUT2D eigenvalue weighted by Gasteiger charge is -2.11. The van der Waals surface area contributed by atoms with E-state index in [-0.39, 0.29) is 16.5 Å². The zero-order valence-electron chi connectivity index (χ0n) is 11.3. The van der Waals surface area contributed by atoms with Crippen molar-refractivity contribution >= 4 is 33.3 Å². The molecule has 0 bridgehead atoms. The van der Waals surface area contributed by atoms with Crippen molar-refractivity contribution in [1.82, 2.24) is 5.32 Å². The van der Waals surface area contributed by atoms with Crippen molar-refractivity contribution in [2.75, 3.05) is 18.1 Å². The molecule has 9 heteroatoms. The molecule has 1 saturated heterocycles. The number of benzene rings is 1. The molecule has 0 aromatic heterocycles. The van der Waals surface area contributed by atoms with Gasteiger partial charge in [-0.15, -0.1) is 0 Å². The molecule has 1 amide bonds. The molecule has 1 aromatic carbocycles. The lowest BCUT2D eigenvalue weighted by molar-refractivity contribution is -0.124. The van der Waals surface area contributed by atoms with Gasteiger partial charge in [-0.25, -0.2) is 17.6 Å². The molecule has 1 aromatic rings. The first-order valence-electron chi connectivity index (χ1n) is 6.39. The summed E-state index contributed by atoms with van der Waals surface area (Å²) in [6.07, 6.45) is 0.321. The minimum absolute atomic E-state index is 0.0164. The Morgan fingerprint density at radius 2 is 2.14 bits per heavy atom. The van der Waals surface area contributed by atoms with Crippen LogP contribution in [0.3, 0.4) is 0 Å².